The highest BCUT2D eigenvalue weighted by Gasteiger charge is 2.11. The number of carbonyl (C=O) groups excluding carboxylic acids is 2. The first-order valence-electron chi connectivity index (χ1n) is 9.01. The number of ketones is 1. The molecule has 0 atom stereocenters. The first-order chi connectivity index (χ1) is 13.5. The summed E-state index contributed by atoms with van der Waals surface area (Å²) in [6, 6.07) is 14.4. The molecule has 2 heterocycles. The summed E-state index contributed by atoms with van der Waals surface area (Å²) in [6.45, 7) is 2.32. The Kier molecular flexibility index (Phi) is 6.11. The van der Waals surface area contributed by atoms with Crippen molar-refractivity contribution < 1.29 is 9.59 Å². The molecule has 3 rings (SSSR count). The number of hydrogen-bond acceptors (Lipinski definition) is 5. The number of carbonyl (C=O) groups is 2. The van der Waals surface area contributed by atoms with E-state index in [0.29, 0.717) is 16.9 Å². The minimum absolute atomic E-state index is 0.0120. The number of anilines is 2. The molecule has 1 amide bonds. The molecule has 0 spiro atoms. The molecular formula is C22H22N4O2. The molecule has 3 aromatic rings. The van der Waals surface area contributed by atoms with Crippen LogP contribution >= 0.6 is 0 Å². The summed E-state index contributed by atoms with van der Waals surface area (Å²) in [5.74, 6) is -0.304. The van der Waals surface area contributed by atoms with Crippen molar-refractivity contribution in [1.29, 1.82) is 0 Å². The van der Waals surface area contributed by atoms with Gasteiger partial charge < -0.3 is 10.2 Å². The quantitative estimate of drug-likeness (QED) is 0.640. The van der Waals surface area contributed by atoms with E-state index < -0.39 is 0 Å². The first kappa shape index (κ1) is 19.2. The van der Waals surface area contributed by atoms with E-state index in [-0.39, 0.29) is 11.7 Å². The van der Waals surface area contributed by atoms with Crippen LogP contribution in [0.25, 0.3) is 0 Å². The third-order valence-electron chi connectivity index (χ3n) is 4.45. The molecule has 0 aliphatic carbocycles. The van der Waals surface area contributed by atoms with Gasteiger partial charge in [0.2, 0.25) is 0 Å². The smallest absolute Gasteiger partial charge is 0.274 e. The molecule has 0 saturated heterocycles. The van der Waals surface area contributed by atoms with Crippen molar-refractivity contribution in [2.24, 2.45) is 0 Å². The van der Waals surface area contributed by atoms with Crippen LogP contribution in [-0.4, -0.2) is 35.3 Å². The number of pyridine rings is 2. The lowest BCUT2D eigenvalue weighted by Crippen LogP contribution is -2.21. The summed E-state index contributed by atoms with van der Waals surface area (Å²) >= 11 is 0. The molecule has 0 bridgehead atoms. The highest BCUT2D eigenvalue weighted by atomic mass is 16.2. The van der Waals surface area contributed by atoms with Crippen LogP contribution in [0.2, 0.25) is 0 Å². The van der Waals surface area contributed by atoms with Gasteiger partial charge in [0.1, 0.15) is 5.69 Å². The van der Waals surface area contributed by atoms with Crippen molar-refractivity contribution in [3.63, 3.8) is 0 Å². The van der Waals surface area contributed by atoms with Gasteiger partial charge in [0, 0.05) is 49.1 Å². The van der Waals surface area contributed by atoms with Crippen molar-refractivity contribution >= 4 is 23.1 Å². The van der Waals surface area contributed by atoms with Crippen molar-refractivity contribution in [1.82, 2.24) is 9.97 Å². The van der Waals surface area contributed by atoms with Crippen molar-refractivity contribution in [2.75, 3.05) is 23.8 Å². The second kappa shape index (κ2) is 8.90. The molecule has 2 aromatic heterocycles. The van der Waals surface area contributed by atoms with E-state index >= 15 is 0 Å². The Bertz CT molecular complexity index is 956. The summed E-state index contributed by atoms with van der Waals surface area (Å²) < 4.78 is 0. The molecule has 142 valence electrons. The zero-order valence-corrected chi connectivity index (χ0v) is 15.9. The summed E-state index contributed by atoms with van der Waals surface area (Å²) in [5.41, 5.74) is 3.69. The zero-order valence-electron chi connectivity index (χ0n) is 15.9. The zero-order chi connectivity index (χ0) is 19.9. The largest absolute Gasteiger partial charge is 0.374 e. The van der Waals surface area contributed by atoms with Crippen LogP contribution in [0.3, 0.4) is 0 Å². The fourth-order valence-electron chi connectivity index (χ4n) is 2.74. The van der Waals surface area contributed by atoms with E-state index in [1.54, 1.807) is 48.9 Å². The molecule has 0 saturated carbocycles. The van der Waals surface area contributed by atoms with Crippen LogP contribution in [0.1, 0.15) is 33.3 Å². The lowest BCUT2D eigenvalue weighted by atomic mass is 10.1. The van der Waals surface area contributed by atoms with Gasteiger partial charge in [0.25, 0.3) is 5.91 Å². The average Bonchev–Trinajstić information content (AvgIpc) is 2.73. The Hall–Kier alpha value is -3.54. The summed E-state index contributed by atoms with van der Waals surface area (Å²) in [4.78, 5) is 34.2. The Morgan fingerprint density at radius 2 is 1.71 bits per heavy atom. The van der Waals surface area contributed by atoms with E-state index in [4.69, 9.17) is 0 Å². The molecule has 0 fully saturated rings. The fourth-order valence-corrected chi connectivity index (χ4v) is 2.74. The van der Waals surface area contributed by atoms with E-state index in [9.17, 15) is 9.59 Å². The third kappa shape index (κ3) is 5.01. The molecule has 0 radical (unpaired) electrons. The number of benzene rings is 1. The van der Waals surface area contributed by atoms with Crippen LogP contribution in [-0.2, 0) is 6.42 Å². The van der Waals surface area contributed by atoms with E-state index in [1.165, 1.54) is 12.5 Å². The van der Waals surface area contributed by atoms with Crippen LogP contribution in [0.4, 0.5) is 11.4 Å². The second-order valence-electron chi connectivity index (χ2n) is 6.51. The molecule has 0 aliphatic heterocycles. The Labute approximate surface area is 164 Å². The number of likely N-dealkylation sites (N-methyl/N-ethyl adjacent to an activating group) is 1. The van der Waals surface area contributed by atoms with Crippen molar-refractivity contribution in [2.45, 2.75) is 13.3 Å². The summed E-state index contributed by atoms with van der Waals surface area (Å²) in [6.07, 6.45) is 6.08. The van der Waals surface area contributed by atoms with Crippen LogP contribution in [0.15, 0.2) is 67.1 Å². The summed E-state index contributed by atoms with van der Waals surface area (Å²) in [5, 5.41) is 2.81. The van der Waals surface area contributed by atoms with Crippen LogP contribution < -0.4 is 10.2 Å². The number of nitrogens with one attached hydrogen (secondary N) is 1. The predicted octanol–water partition coefficient (Wildman–Crippen LogP) is 3.61. The maximum Gasteiger partial charge on any atom is 0.274 e. The SMILES string of the molecule is CC(=O)c1ccc(NC(=O)c2cc(N(C)CCc3ccncc3)ccn2)cc1. The van der Waals surface area contributed by atoms with E-state index in [0.717, 1.165) is 18.7 Å². The number of aromatic nitrogens is 2. The number of nitrogens with zero attached hydrogens (tertiary/aromatic N) is 3. The van der Waals surface area contributed by atoms with Crippen LogP contribution in [0.5, 0.6) is 0 Å². The highest BCUT2D eigenvalue weighted by molar-refractivity contribution is 6.03. The number of amides is 1. The Morgan fingerprint density at radius 1 is 1.00 bits per heavy atom. The van der Waals surface area contributed by atoms with Gasteiger partial charge in [-0.3, -0.25) is 19.6 Å². The van der Waals surface area contributed by atoms with Crippen molar-refractivity contribution in [3.8, 4) is 0 Å². The topological polar surface area (TPSA) is 75.2 Å². The second-order valence-corrected chi connectivity index (χ2v) is 6.51. The van der Waals surface area contributed by atoms with Crippen LogP contribution in [0, 0.1) is 0 Å². The third-order valence-corrected chi connectivity index (χ3v) is 4.45. The van der Waals surface area contributed by atoms with Gasteiger partial charge in [-0.1, -0.05) is 0 Å². The maximum atomic E-state index is 12.5. The van der Waals surface area contributed by atoms with Gasteiger partial charge in [0.15, 0.2) is 5.78 Å². The summed E-state index contributed by atoms with van der Waals surface area (Å²) in [7, 11) is 1.98. The molecule has 1 N–H and O–H groups in total. The number of rotatable bonds is 7. The minimum Gasteiger partial charge on any atom is -0.374 e. The Morgan fingerprint density at radius 3 is 2.39 bits per heavy atom. The van der Waals surface area contributed by atoms with Gasteiger partial charge >= 0.3 is 0 Å². The molecule has 0 aliphatic rings. The molecule has 6 nitrogen and oxygen atoms in total. The molecular weight excluding hydrogens is 352 g/mol. The standard InChI is InChI=1S/C22H22N4O2/c1-16(27)18-3-5-19(6-4-18)25-22(28)21-15-20(9-13-24-21)26(2)14-10-17-7-11-23-12-8-17/h3-9,11-13,15H,10,14H2,1-2H3,(H,25,28). The number of hydrogen-bond donors (Lipinski definition) is 1. The maximum absolute atomic E-state index is 12.5. The lowest BCUT2D eigenvalue weighted by Gasteiger charge is -2.19. The highest BCUT2D eigenvalue weighted by Crippen LogP contribution is 2.16. The predicted molar refractivity (Wildman–Crippen MR) is 110 cm³/mol. The fraction of sp³-hybridized carbons (Fsp3) is 0.182. The Balaban J connectivity index is 1.64. The average molecular weight is 374 g/mol. The molecule has 6 heteroatoms. The number of Topliss-reactive ketones (excluding diaryl/α,β-unsaturated/α-hetero) is 1. The molecule has 0 unspecified atom stereocenters. The van der Waals surface area contributed by atoms with E-state index in [1.807, 2.05) is 25.2 Å². The van der Waals surface area contributed by atoms with E-state index in [2.05, 4.69) is 20.2 Å². The van der Waals surface area contributed by atoms with Gasteiger partial charge in [0.05, 0.1) is 0 Å². The van der Waals surface area contributed by atoms with Gasteiger partial charge in [-0.05, 0) is 67.4 Å². The monoisotopic (exact) mass is 374 g/mol. The first-order valence-corrected chi connectivity index (χ1v) is 9.01. The van der Waals surface area contributed by atoms with Gasteiger partial charge in [-0.15, -0.1) is 0 Å². The van der Waals surface area contributed by atoms with Gasteiger partial charge in [-0.25, -0.2) is 0 Å². The lowest BCUT2D eigenvalue weighted by molar-refractivity contribution is 0.101. The van der Waals surface area contributed by atoms with Crippen molar-refractivity contribution in [3.05, 3.63) is 83.9 Å². The molecule has 1 aromatic carbocycles. The van der Waals surface area contributed by atoms with Gasteiger partial charge in [-0.2, -0.15) is 0 Å². The minimum atomic E-state index is -0.292. The normalized spacial score (nSPS) is 10.4. The molecule has 28 heavy (non-hydrogen) atoms.